The molecule has 0 amide bonds. The molecule has 110 valence electrons. The Kier molecular flexibility index (Phi) is 5.18. The van der Waals surface area contributed by atoms with Crippen LogP contribution in [0, 0.1) is 6.92 Å². The van der Waals surface area contributed by atoms with Gasteiger partial charge in [-0.3, -0.25) is 0 Å². The maximum Gasteiger partial charge on any atom is 0.144 e. The summed E-state index contributed by atoms with van der Waals surface area (Å²) < 4.78 is 6.90. The minimum absolute atomic E-state index is 0.419. The number of aldehydes is 1. The highest BCUT2D eigenvalue weighted by molar-refractivity contribution is 9.10. The molecule has 2 rings (SSSR count). The molecule has 0 N–H and O–H groups in total. The van der Waals surface area contributed by atoms with Gasteiger partial charge in [0.25, 0.3) is 0 Å². The van der Waals surface area contributed by atoms with E-state index in [4.69, 9.17) is 4.74 Å². The van der Waals surface area contributed by atoms with Crippen molar-refractivity contribution in [2.75, 3.05) is 0 Å². The van der Waals surface area contributed by atoms with Gasteiger partial charge in [0.1, 0.15) is 17.8 Å². The molecule has 0 bridgehead atoms. The molecule has 2 nitrogen and oxygen atoms in total. The summed E-state index contributed by atoms with van der Waals surface area (Å²) in [4.78, 5) is 10.6. The largest absolute Gasteiger partial charge is 0.456 e. The van der Waals surface area contributed by atoms with E-state index in [9.17, 15) is 4.79 Å². The van der Waals surface area contributed by atoms with Gasteiger partial charge >= 0.3 is 0 Å². The lowest BCUT2D eigenvalue weighted by atomic mass is 10.0. The van der Waals surface area contributed by atoms with Crippen molar-refractivity contribution in [3.8, 4) is 11.5 Å². The second-order valence-electron chi connectivity index (χ2n) is 5.42. The van der Waals surface area contributed by atoms with Crippen molar-refractivity contribution in [3.05, 3.63) is 57.6 Å². The van der Waals surface area contributed by atoms with Crippen LogP contribution in [0.15, 0.2) is 40.9 Å². The topological polar surface area (TPSA) is 26.3 Å². The van der Waals surface area contributed by atoms with E-state index in [1.54, 1.807) is 0 Å². The van der Waals surface area contributed by atoms with Crippen LogP contribution in [0.25, 0.3) is 0 Å². The second-order valence-corrected chi connectivity index (χ2v) is 6.28. The Morgan fingerprint density at radius 2 is 2.00 bits per heavy atom. The van der Waals surface area contributed by atoms with Crippen LogP contribution in [0.5, 0.6) is 11.5 Å². The van der Waals surface area contributed by atoms with Gasteiger partial charge < -0.3 is 9.53 Å². The highest BCUT2D eigenvalue weighted by Crippen LogP contribution is 2.35. The first kappa shape index (κ1) is 15.8. The van der Waals surface area contributed by atoms with Gasteiger partial charge in [0.05, 0.1) is 4.47 Å². The summed E-state index contributed by atoms with van der Waals surface area (Å²) in [6.45, 7) is 6.31. The van der Waals surface area contributed by atoms with Crippen LogP contribution in [0.3, 0.4) is 0 Å². The van der Waals surface area contributed by atoms with Gasteiger partial charge in [0.15, 0.2) is 0 Å². The number of benzene rings is 2. The van der Waals surface area contributed by atoms with Crippen molar-refractivity contribution >= 4 is 22.2 Å². The molecule has 0 fully saturated rings. The van der Waals surface area contributed by atoms with Crippen molar-refractivity contribution in [2.24, 2.45) is 0 Å². The van der Waals surface area contributed by atoms with Gasteiger partial charge in [-0.2, -0.15) is 0 Å². The molecule has 0 heterocycles. The molecule has 0 unspecified atom stereocenters. The molecule has 0 saturated carbocycles. The predicted molar refractivity (Wildman–Crippen MR) is 89.3 cm³/mol. The zero-order valence-electron chi connectivity index (χ0n) is 12.5. The van der Waals surface area contributed by atoms with E-state index in [2.05, 4.69) is 41.9 Å². The Morgan fingerprint density at radius 1 is 1.24 bits per heavy atom. The van der Waals surface area contributed by atoms with Crippen LogP contribution in [-0.2, 0) is 11.2 Å². The minimum Gasteiger partial charge on any atom is -0.456 e. The summed E-state index contributed by atoms with van der Waals surface area (Å²) in [6, 6.07) is 12.1. The van der Waals surface area contributed by atoms with Crippen molar-refractivity contribution in [2.45, 2.75) is 33.1 Å². The average Bonchev–Trinajstić information content (AvgIpc) is 2.43. The van der Waals surface area contributed by atoms with Crippen molar-refractivity contribution in [3.63, 3.8) is 0 Å². The fourth-order valence-electron chi connectivity index (χ4n) is 2.20. The van der Waals surface area contributed by atoms with Crippen LogP contribution in [-0.4, -0.2) is 6.29 Å². The van der Waals surface area contributed by atoms with Crippen LogP contribution in [0.1, 0.15) is 36.5 Å². The monoisotopic (exact) mass is 346 g/mol. The number of carbonyl (C=O) groups is 1. The van der Waals surface area contributed by atoms with E-state index in [0.29, 0.717) is 12.3 Å². The Hall–Kier alpha value is -1.61. The summed E-state index contributed by atoms with van der Waals surface area (Å²) in [5.41, 5.74) is 3.24. The van der Waals surface area contributed by atoms with E-state index >= 15 is 0 Å². The first-order chi connectivity index (χ1) is 10.0. The highest BCUT2D eigenvalue weighted by Gasteiger charge is 2.10. The fourth-order valence-corrected chi connectivity index (χ4v) is 2.89. The molecule has 0 aliphatic heterocycles. The number of hydrogen-bond donors (Lipinski definition) is 0. The van der Waals surface area contributed by atoms with E-state index in [1.807, 2.05) is 31.2 Å². The van der Waals surface area contributed by atoms with Gasteiger partial charge in [0, 0.05) is 6.42 Å². The number of halogens is 1. The zero-order chi connectivity index (χ0) is 15.4. The molecule has 21 heavy (non-hydrogen) atoms. The van der Waals surface area contributed by atoms with Crippen LogP contribution < -0.4 is 4.74 Å². The lowest BCUT2D eigenvalue weighted by Gasteiger charge is -2.14. The Bertz CT molecular complexity index is 624. The molecule has 2 aromatic rings. The van der Waals surface area contributed by atoms with Crippen molar-refractivity contribution in [1.82, 2.24) is 0 Å². The summed E-state index contributed by atoms with van der Waals surface area (Å²) in [5, 5.41) is 0. The van der Waals surface area contributed by atoms with Crippen molar-refractivity contribution < 1.29 is 9.53 Å². The van der Waals surface area contributed by atoms with Crippen LogP contribution >= 0.6 is 15.9 Å². The summed E-state index contributed by atoms with van der Waals surface area (Å²) >= 11 is 3.53. The van der Waals surface area contributed by atoms with Gasteiger partial charge in [0.2, 0.25) is 0 Å². The molecular formula is C18H19BrO2. The third kappa shape index (κ3) is 3.94. The van der Waals surface area contributed by atoms with Crippen LogP contribution in [0.4, 0.5) is 0 Å². The number of aryl methyl sites for hydroxylation is 1. The van der Waals surface area contributed by atoms with Gasteiger partial charge in [-0.05, 0) is 63.7 Å². The predicted octanol–water partition coefficient (Wildman–Crippen LogP) is 5.41. The normalized spacial score (nSPS) is 10.7. The summed E-state index contributed by atoms with van der Waals surface area (Å²) in [6.07, 6.45) is 1.33. The van der Waals surface area contributed by atoms with E-state index in [0.717, 1.165) is 33.4 Å². The number of rotatable bonds is 5. The van der Waals surface area contributed by atoms with E-state index < -0.39 is 0 Å². The standard InChI is InChI=1S/C18H19BrO2/c1-12(2)15-5-4-6-16(11-15)21-18-13(3)9-14(7-8-20)10-17(18)19/h4-6,8-12H,7H2,1-3H3. The fraction of sp³-hybridized carbons (Fsp3) is 0.278. The lowest BCUT2D eigenvalue weighted by molar-refractivity contribution is -0.107. The summed E-state index contributed by atoms with van der Waals surface area (Å²) in [5.74, 6) is 2.09. The molecule has 2 aromatic carbocycles. The molecular weight excluding hydrogens is 328 g/mol. The Labute approximate surface area is 134 Å². The van der Waals surface area contributed by atoms with E-state index in [-0.39, 0.29) is 0 Å². The van der Waals surface area contributed by atoms with E-state index in [1.165, 1.54) is 5.56 Å². The second kappa shape index (κ2) is 6.90. The molecule has 0 aromatic heterocycles. The minimum atomic E-state index is 0.419. The highest BCUT2D eigenvalue weighted by atomic mass is 79.9. The number of carbonyl (C=O) groups excluding carboxylic acids is 1. The Balaban J connectivity index is 2.31. The molecule has 0 spiro atoms. The molecule has 0 aliphatic rings. The van der Waals surface area contributed by atoms with Gasteiger partial charge in [-0.15, -0.1) is 0 Å². The SMILES string of the molecule is Cc1cc(CC=O)cc(Br)c1Oc1cccc(C(C)C)c1. The van der Waals surface area contributed by atoms with Crippen LogP contribution in [0.2, 0.25) is 0 Å². The third-order valence-corrected chi connectivity index (χ3v) is 3.94. The maximum atomic E-state index is 10.6. The molecule has 0 saturated heterocycles. The lowest BCUT2D eigenvalue weighted by Crippen LogP contribution is -1.94. The zero-order valence-corrected chi connectivity index (χ0v) is 14.1. The smallest absolute Gasteiger partial charge is 0.144 e. The molecule has 0 atom stereocenters. The van der Waals surface area contributed by atoms with Gasteiger partial charge in [-0.25, -0.2) is 0 Å². The maximum absolute atomic E-state index is 10.6. The molecule has 3 heteroatoms. The first-order valence-corrected chi connectivity index (χ1v) is 7.81. The average molecular weight is 347 g/mol. The Morgan fingerprint density at radius 3 is 2.62 bits per heavy atom. The number of ether oxygens (including phenoxy) is 1. The molecule has 0 aliphatic carbocycles. The van der Waals surface area contributed by atoms with Gasteiger partial charge in [-0.1, -0.05) is 32.0 Å². The molecule has 0 radical (unpaired) electrons. The summed E-state index contributed by atoms with van der Waals surface area (Å²) in [7, 11) is 0. The number of hydrogen-bond acceptors (Lipinski definition) is 2. The van der Waals surface area contributed by atoms with Crippen molar-refractivity contribution in [1.29, 1.82) is 0 Å². The third-order valence-electron chi connectivity index (χ3n) is 3.35. The first-order valence-electron chi connectivity index (χ1n) is 7.01. The quantitative estimate of drug-likeness (QED) is 0.676.